The highest BCUT2D eigenvalue weighted by Crippen LogP contribution is 2.18. The maximum absolute atomic E-state index is 11.6. The molecule has 0 aliphatic carbocycles. The van der Waals surface area contributed by atoms with Gasteiger partial charge in [0, 0.05) is 12.3 Å². The van der Waals surface area contributed by atoms with E-state index in [2.05, 4.69) is 0 Å². The van der Waals surface area contributed by atoms with Crippen molar-refractivity contribution in [1.82, 2.24) is 0 Å². The summed E-state index contributed by atoms with van der Waals surface area (Å²) in [6.45, 7) is 0. The van der Waals surface area contributed by atoms with Crippen molar-refractivity contribution in [2.24, 2.45) is 0 Å². The van der Waals surface area contributed by atoms with Gasteiger partial charge in [-0.25, -0.2) is 0 Å². The number of carbonyl (C=O) groups is 1. The Labute approximate surface area is 93.9 Å². The lowest BCUT2D eigenvalue weighted by atomic mass is 10.3. The van der Waals surface area contributed by atoms with Gasteiger partial charge in [-0.2, -0.15) is 0 Å². The summed E-state index contributed by atoms with van der Waals surface area (Å²) in [5.41, 5.74) is 0. The summed E-state index contributed by atoms with van der Waals surface area (Å²) in [7, 11) is -1.08. The molecule has 0 bridgehead atoms. The second-order valence-electron chi connectivity index (χ2n) is 2.46. The van der Waals surface area contributed by atoms with Crippen LogP contribution in [0.2, 0.25) is 0 Å². The smallest absolute Gasteiger partial charge is 0.197 e. The molecule has 14 heavy (non-hydrogen) atoms. The van der Waals surface area contributed by atoms with Gasteiger partial charge in [-0.1, -0.05) is 6.07 Å². The zero-order valence-electron chi connectivity index (χ0n) is 7.85. The Bertz CT molecular complexity index is 365. The number of carbonyl (C=O) groups excluding carboxylic acids is 1. The molecular formula is C9H10O2S3. The molecule has 2 nitrogen and oxygen atoms in total. The minimum atomic E-state index is -1.08. The Morgan fingerprint density at radius 2 is 2.36 bits per heavy atom. The van der Waals surface area contributed by atoms with Crippen LogP contribution in [-0.4, -0.2) is 22.5 Å². The molecule has 1 heterocycles. The Morgan fingerprint density at radius 1 is 1.64 bits per heavy atom. The largest absolute Gasteiger partial charge is 0.288 e. The Morgan fingerprint density at radius 3 is 2.79 bits per heavy atom. The van der Waals surface area contributed by atoms with Gasteiger partial charge in [-0.05, 0) is 17.7 Å². The summed E-state index contributed by atoms with van der Waals surface area (Å²) in [5, 5.41) is 1.85. The molecule has 0 aromatic carbocycles. The average molecular weight is 246 g/mol. The van der Waals surface area contributed by atoms with E-state index in [1.807, 2.05) is 17.7 Å². The first-order valence-electron chi connectivity index (χ1n) is 3.82. The van der Waals surface area contributed by atoms with Crippen LogP contribution in [0.15, 0.2) is 27.8 Å². The van der Waals surface area contributed by atoms with Gasteiger partial charge in [0.1, 0.15) is 0 Å². The summed E-state index contributed by atoms with van der Waals surface area (Å²) in [5.74, 6) is -0.0699. The highest BCUT2D eigenvalue weighted by Gasteiger charge is 2.07. The van der Waals surface area contributed by atoms with Gasteiger partial charge in [0.05, 0.1) is 19.9 Å². The van der Waals surface area contributed by atoms with Gasteiger partial charge in [-0.3, -0.25) is 9.00 Å². The van der Waals surface area contributed by atoms with E-state index in [-0.39, 0.29) is 5.78 Å². The molecular weight excluding hydrogens is 236 g/mol. The summed E-state index contributed by atoms with van der Waals surface area (Å²) in [6, 6.07) is 3.59. The van der Waals surface area contributed by atoms with E-state index in [0.717, 1.165) is 0 Å². The second-order valence-corrected chi connectivity index (χ2v) is 5.87. The Hall–Kier alpha value is -0.390. The fourth-order valence-corrected chi connectivity index (χ4v) is 2.93. The molecule has 1 aromatic rings. The van der Waals surface area contributed by atoms with E-state index < -0.39 is 10.8 Å². The summed E-state index contributed by atoms with van der Waals surface area (Å²) < 4.78 is 11.8. The number of ketones is 1. The van der Waals surface area contributed by atoms with E-state index in [4.69, 9.17) is 0 Å². The first-order chi connectivity index (χ1) is 6.65. The highest BCUT2D eigenvalue weighted by atomic mass is 32.2. The van der Waals surface area contributed by atoms with Crippen molar-refractivity contribution < 1.29 is 9.00 Å². The minimum Gasteiger partial charge on any atom is -0.288 e. The predicted octanol–water partition coefficient (Wildman–Crippen LogP) is 2.51. The van der Waals surface area contributed by atoms with Gasteiger partial charge in [0.2, 0.25) is 0 Å². The normalized spacial score (nSPS) is 14.0. The minimum absolute atomic E-state index is 0.0699. The van der Waals surface area contributed by atoms with Crippen LogP contribution in [0.5, 0.6) is 0 Å². The van der Waals surface area contributed by atoms with Gasteiger partial charge in [0.15, 0.2) is 5.78 Å². The SMILES string of the molecule is CS/C(=C/C(=O)c1cccs1)S(C)=O. The van der Waals surface area contributed by atoms with E-state index in [1.165, 1.54) is 29.2 Å². The number of hydrogen-bond acceptors (Lipinski definition) is 4. The summed E-state index contributed by atoms with van der Waals surface area (Å²) in [6.07, 6.45) is 4.84. The van der Waals surface area contributed by atoms with Crippen LogP contribution in [0, 0.1) is 0 Å². The molecule has 76 valence electrons. The number of thioether (sulfide) groups is 1. The molecule has 1 atom stereocenters. The average Bonchev–Trinajstić information content (AvgIpc) is 2.65. The third-order valence-corrected chi connectivity index (χ3v) is 4.79. The molecule has 0 aliphatic heterocycles. The lowest BCUT2D eigenvalue weighted by Gasteiger charge is -1.97. The predicted molar refractivity (Wildman–Crippen MR) is 64.3 cm³/mol. The summed E-state index contributed by atoms with van der Waals surface area (Å²) >= 11 is 2.74. The second kappa shape index (κ2) is 5.48. The van der Waals surface area contributed by atoms with Gasteiger partial charge < -0.3 is 0 Å². The zero-order chi connectivity index (χ0) is 10.6. The Balaban J connectivity index is 2.86. The first-order valence-corrected chi connectivity index (χ1v) is 7.48. The lowest BCUT2D eigenvalue weighted by molar-refractivity contribution is 0.105. The molecule has 0 spiro atoms. The van der Waals surface area contributed by atoms with Gasteiger partial charge in [-0.15, -0.1) is 23.1 Å². The molecule has 0 saturated heterocycles. The van der Waals surface area contributed by atoms with Crippen molar-refractivity contribution in [1.29, 1.82) is 0 Å². The lowest BCUT2D eigenvalue weighted by Crippen LogP contribution is -1.95. The number of thiophene rings is 1. The standard InChI is InChI=1S/C9H10O2S3/c1-12-9(14(2)11)6-7(10)8-4-3-5-13-8/h3-6H,1-2H3/b9-6-. The van der Waals surface area contributed by atoms with Crippen LogP contribution in [0.25, 0.3) is 0 Å². The molecule has 1 unspecified atom stereocenters. The molecule has 5 heteroatoms. The number of allylic oxidation sites excluding steroid dienone is 1. The maximum Gasteiger partial charge on any atom is 0.197 e. The van der Waals surface area contributed by atoms with Crippen molar-refractivity contribution in [2.45, 2.75) is 0 Å². The Kier molecular flexibility index (Phi) is 4.57. The first kappa shape index (κ1) is 11.7. The van der Waals surface area contributed by atoms with Crippen molar-refractivity contribution in [3.63, 3.8) is 0 Å². The summed E-state index contributed by atoms with van der Waals surface area (Å²) in [4.78, 5) is 12.2. The van der Waals surface area contributed by atoms with Crippen LogP contribution in [0.3, 0.4) is 0 Å². The molecule has 1 aromatic heterocycles. The topological polar surface area (TPSA) is 34.1 Å². The maximum atomic E-state index is 11.6. The van der Waals surface area contributed by atoms with Crippen molar-refractivity contribution >= 4 is 39.7 Å². The van der Waals surface area contributed by atoms with Gasteiger partial charge >= 0.3 is 0 Å². The third kappa shape index (κ3) is 3.08. The fraction of sp³-hybridized carbons (Fsp3) is 0.222. The molecule has 0 saturated carbocycles. The van der Waals surface area contributed by atoms with Gasteiger partial charge in [0.25, 0.3) is 0 Å². The monoisotopic (exact) mass is 246 g/mol. The third-order valence-electron chi connectivity index (χ3n) is 1.50. The molecule has 1 rings (SSSR count). The molecule has 0 aliphatic rings. The fourth-order valence-electron chi connectivity index (χ4n) is 0.856. The van der Waals surface area contributed by atoms with Crippen LogP contribution in [0.4, 0.5) is 0 Å². The van der Waals surface area contributed by atoms with Crippen LogP contribution in [-0.2, 0) is 10.8 Å². The quantitative estimate of drug-likeness (QED) is 0.605. The van der Waals surface area contributed by atoms with Crippen molar-refractivity contribution in [2.75, 3.05) is 12.5 Å². The molecule has 0 fully saturated rings. The molecule has 0 radical (unpaired) electrons. The molecule has 0 amide bonds. The van der Waals surface area contributed by atoms with Crippen molar-refractivity contribution in [3.8, 4) is 0 Å². The van der Waals surface area contributed by atoms with Crippen LogP contribution < -0.4 is 0 Å². The van der Waals surface area contributed by atoms with E-state index in [1.54, 1.807) is 12.3 Å². The molecule has 0 N–H and O–H groups in total. The van der Waals surface area contributed by atoms with Crippen molar-refractivity contribution in [3.05, 3.63) is 32.7 Å². The van der Waals surface area contributed by atoms with Crippen LogP contribution >= 0.6 is 23.1 Å². The van der Waals surface area contributed by atoms with E-state index >= 15 is 0 Å². The van der Waals surface area contributed by atoms with Crippen LogP contribution in [0.1, 0.15) is 9.67 Å². The number of rotatable bonds is 4. The number of hydrogen-bond donors (Lipinski definition) is 0. The van der Waals surface area contributed by atoms with E-state index in [0.29, 0.717) is 9.11 Å². The highest BCUT2D eigenvalue weighted by molar-refractivity contribution is 8.15. The zero-order valence-corrected chi connectivity index (χ0v) is 10.3. The van der Waals surface area contributed by atoms with E-state index in [9.17, 15) is 9.00 Å².